The first-order valence-electron chi connectivity index (χ1n) is 8.87. The van der Waals surface area contributed by atoms with E-state index in [1.807, 2.05) is 30.3 Å². The summed E-state index contributed by atoms with van der Waals surface area (Å²) in [7, 11) is -1.42. The summed E-state index contributed by atoms with van der Waals surface area (Å²) in [6.45, 7) is 3.42. The van der Waals surface area contributed by atoms with Gasteiger partial charge in [-0.25, -0.2) is 12.7 Å². The van der Waals surface area contributed by atoms with Crippen molar-refractivity contribution in [1.29, 1.82) is 0 Å². The number of piperidine rings is 2. The third-order valence-corrected chi connectivity index (χ3v) is 7.19. The van der Waals surface area contributed by atoms with Gasteiger partial charge in [0, 0.05) is 39.3 Å². The van der Waals surface area contributed by atoms with Gasteiger partial charge in [-0.15, -0.1) is 0 Å². The fraction of sp³-hybridized carbons (Fsp3) is 0.667. The molecule has 2 heterocycles. The molecule has 0 N–H and O–H groups in total. The molecule has 2 aliphatic rings. The van der Waals surface area contributed by atoms with E-state index in [2.05, 4.69) is 4.90 Å². The lowest BCUT2D eigenvalue weighted by Gasteiger charge is -2.41. The minimum absolute atomic E-state index is 0.109. The van der Waals surface area contributed by atoms with Crippen molar-refractivity contribution in [3.05, 3.63) is 35.9 Å². The van der Waals surface area contributed by atoms with Crippen LogP contribution in [0, 0.1) is 0 Å². The van der Waals surface area contributed by atoms with Crippen molar-refractivity contribution in [2.75, 3.05) is 33.3 Å². The van der Waals surface area contributed by atoms with Crippen molar-refractivity contribution in [3.63, 3.8) is 0 Å². The molecule has 2 saturated heterocycles. The molecule has 24 heavy (non-hydrogen) atoms. The van der Waals surface area contributed by atoms with Crippen LogP contribution in [0.15, 0.2) is 30.3 Å². The summed E-state index contributed by atoms with van der Waals surface area (Å²) < 4.78 is 32.3. The van der Waals surface area contributed by atoms with Crippen LogP contribution in [0.25, 0.3) is 0 Å². The summed E-state index contributed by atoms with van der Waals surface area (Å²) in [6.07, 6.45) is 4.44. The number of nitrogens with zero attached hydrogens (tertiary/aromatic N) is 2. The van der Waals surface area contributed by atoms with Gasteiger partial charge in [0.2, 0.25) is 10.0 Å². The lowest BCUT2D eigenvalue weighted by Crippen LogP contribution is -2.49. The molecule has 0 bridgehead atoms. The van der Waals surface area contributed by atoms with Gasteiger partial charge in [0.05, 0.1) is 11.9 Å². The third kappa shape index (κ3) is 4.36. The Kier molecular flexibility index (Phi) is 5.92. The van der Waals surface area contributed by atoms with E-state index >= 15 is 0 Å². The first-order valence-corrected chi connectivity index (χ1v) is 10.5. The minimum atomic E-state index is -3.21. The maximum Gasteiger partial charge on any atom is 0.218 e. The van der Waals surface area contributed by atoms with Gasteiger partial charge in [-0.2, -0.15) is 0 Å². The maximum absolute atomic E-state index is 12.6. The summed E-state index contributed by atoms with van der Waals surface area (Å²) in [5.74, 6) is 0.109. The molecule has 0 spiro atoms. The highest BCUT2D eigenvalue weighted by atomic mass is 32.2. The fourth-order valence-electron chi connectivity index (χ4n) is 3.84. The van der Waals surface area contributed by atoms with Gasteiger partial charge in [0.25, 0.3) is 0 Å². The van der Waals surface area contributed by atoms with Gasteiger partial charge in [-0.1, -0.05) is 30.3 Å². The van der Waals surface area contributed by atoms with Crippen molar-refractivity contribution in [1.82, 2.24) is 9.21 Å². The van der Waals surface area contributed by atoms with Gasteiger partial charge < -0.3 is 9.64 Å². The van der Waals surface area contributed by atoms with Gasteiger partial charge in [-0.3, -0.25) is 0 Å². The molecule has 0 radical (unpaired) electrons. The van der Waals surface area contributed by atoms with E-state index in [1.54, 1.807) is 11.4 Å². The number of sulfonamides is 1. The second-order valence-corrected chi connectivity index (χ2v) is 8.81. The predicted octanol–water partition coefficient (Wildman–Crippen LogP) is 2.09. The molecule has 0 aromatic heterocycles. The molecule has 3 rings (SSSR count). The number of methoxy groups -OCH3 is 1. The molecule has 134 valence electrons. The smallest absolute Gasteiger partial charge is 0.218 e. The number of benzene rings is 1. The van der Waals surface area contributed by atoms with Gasteiger partial charge >= 0.3 is 0 Å². The Labute approximate surface area is 145 Å². The molecule has 2 fully saturated rings. The lowest BCUT2D eigenvalue weighted by molar-refractivity contribution is 0.0190. The van der Waals surface area contributed by atoms with Gasteiger partial charge in [0.15, 0.2) is 0 Å². The number of ether oxygens (including phenoxy) is 1. The van der Waals surface area contributed by atoms with Crippen LogP contribution < -0.4 is 0 Å². The highest BCUT2D eigenvalue weighted by Gasteiger charge is 2.32. The summed E-state index contributed by atoms with van der Waals surface area (Å²) in [6, 6.07) is 9.97. The average molecular weight is 353 g/mol. The van der Waals surface area contributed by atoms with Crippen LogP contribution in [-0.4, -0.2) is 63.1 Å². The van der Waals surface area contributed by atoms with Crippen molar-refractivity contribution in [2.24, 2.45) is 0 Å². The normalized spacial score (nSPS) is 22.7. The van der Waals surface area contributed by atoms with Crippen molar-refractivity contribution >= 4 is 10.0 Å². The Morgan fingerprint density at radius 3 is 2.21 bits per heavy atom. The van der Waals surface area contributed by atoms with Crippen molar-refractivity contribution in [2.45, 2.75) is 43.6 Å². The van der Waals surface area contributed by atoms with Crippen molar-refractivity contribution in [3.8, 4) is 0 Å². The molecule has 1 aromatic carbocycles. The molecule has 2 aliphatic heterocycles. The highest BCUT2D eigenvalue weighted by molar-refractivity contribution is 7.88. The number of hydrogen-bond donors (Lipinski definition) is 0. The number of rotatable bonds is 5. The van der Waals surface area contributed by atoms with E-state index in [9.17, 15) is 8.42 Å². The molecular weight excluding hydrogens is 324 g/mol. The molecule has 0 amide bonds. The summed E-state index contributed by atoms with van der Waals surface area (Å²) in [4.78, 5) is 2.52. The van der Waals surface area contributed by atoms with Gasteiger partial charge in [-0.05, 0) is 31.2 Å². The molecule has 1 aromatic rings. The van der Waals surface area contributed by atoms with Crippen LogP contribution in [0.3, 0.4) is 0 Å². The zero-order chi connectivity index (χ0) is 17.0. The second-order valence-electron chi connectivity index (χ2n) is 6.84. The Hall–Kier alpha value is -0.950. The Balaban J connectivity index is 1.51. The Bertz CT molecular complexity index is 604. The SMILES string of the molecule is COC1CCN(C2CCN(S(=O)(=O)Cc3ccccc3)CC2)CC1. The lowest BCUT2D eigenvalue weighted by atomic mass is 10.00. The van der Waals surface area contributed by atoms with E-state index in [0.29, 0.717) is 25.2 Å². The van der Waals surface area contributed by atoms with Crippen LogP contribution in [0.4, 0.5) is 0 Å². The molecule has 0 saturated carbocycles. The molecular formula is C18H28N2O3S. The monoisotopic (exact) mass is 352 g/mol. The highest BCUT2D eigenvalue weighted by Crippen LogP contribution is 2.24. The zero-order valence-corrected chi connectivity index (χ0v) is 15.2. The molecule has 6 heteroatoms. The van der Waals surface area contributed by atoms with E-state index in [4.69, 9.17) is 4.74 Å². The maximum atomic E-state index is 12.6. The minimum Gasteiger partial charge on any atom is -0.381 e. The van der Waals surface area contributed by atoms with Crippen LogP contribution in [0.1, 0.15) is 31.2 Å². The van der Waals surface area contributed by atoms with Crippen LogP contribution in [0.2, 0.25) is 0 Å². The number of hydrogen-bond acceptors (Lipinski definition) is 4. The Morgan fingerprint density at radius 2 is 1.62 bits per heavy atom. The van der Waals surface area contributed by atoms with Crippen LogP contribution in [0.5, 0.6) is 0 Å². The summed E-state index contributed by atoms with van der Waals surface area (Å²) >= 11 is 0. The molecule has 0 aliphatic carbocycles. The van der Waals surface area contributed by atoms with E-state index in [0.717, 1.165) is 44.3 Å². The molecule has 5 nitrogen and oxygen atoms in total. The third-order valence-electron chi connectivity index (χ3n) is 5.34. The molecule has 0 atom stereocenters. The largest absolute Gasteiger partial charge is 0.381 e. The Morgan fingerprint density at radius 1 is 1.00 bits per heavy atom. The summed E-state index contributed by atoms with van der Waals surface area (Å²) in [5, 5.41) is 0. The first-order chi connectivity index (χ1) is 11.6. The number of likely N-dealkylation sites (tertiary alicyclic amines) is 1. The fourth-order valence-corrected chi connectivity index (χ4v) is 5.40. The summed E-state index contributed by atoms with van der Waals surface area (Å²) in [5.41, 5.74) is 0.862. The van der Waals surface area contributed by atoms with E-state index in [1.165, 1.54) is 0 Å². The average Bonchev–Trinajstić information content (AvgIpc) is 2.62. The van der Waals surface area contributed by atoms with E-state index < -0.39 is 10.0 Å². The second kappa shape index (κ2) is 7.95. The quantitative estimate of drug-likeness (QED) is 0.814. The van der Waals surface area contributed by atoms with E-state index in [-0.39, 0.29) is 5.75 Å². The first kappa shape index (κ1) is 17.9. The van der Waals surface area contributed by atoms with Crippen molar-refractivity contribution < 1.29 is 13.2 Å². The van der Waals surface area contributed by atoms with Gasteiger partial charge in [0.1, 0.15) is 0 Å². The standard InChI is InChI=1S/C18H28N2O3S/c1-23-18-9-11-19(12-10-18)17-7-13-20(14-8-17)24(21,22)15-16-5-3-2-4-6-16/h2-6,17-18H,7-15H2,1H3. The zero-order valence-electron chi connectivity index (χ0n) is 14.4. The predicted molar refractivity (Wildman–Crippen MR) is 95.3 cm³/mol. The van der Waals surface area contributed by atoms with Crippen LogP contribution >= 0.6 is 0 Å². The topological polar surface area (TPSA) is 49.9 Å². The molecule has 0 unspecified atom stereocenters. The van der Waals surface area contributed by atoms with Crippen LogP contribution in [-0.2, 0) is 20.5 Å².